The Morgan fingerprint density at radius 2 is 2.11 bits per heavy atom. The monoisotopic (exact) mass is 364 g/mol. The fourth-order valence-electron chi connectivity index (χ4n) is 2.19. The molecule has 1 aromatic carbocycles. The van der Waals surface area contributed by atoms with E-state index in [1.54, 1.807) is 24.5 Å². The van der Waals surface area contributed by atoms with Crippen LogP contribution in [-0.2, 0) is 0 Å². The number of phenols is 1. The molecule has 0 radical (unpaired) electrons. The third-order valence-corrected chi connectivity index (χ3v) is 3.49. The van der Waals surface area contributed by atoms with Gasteiger partial charge < -0.3 is 5.11 Å². The van der Waals surface area contributed by atoms with Gasteiger partial charge in [-0.3, -0.25) is 10.1 Å². The zero-order chi connectivity index (χ0) is 19.1. The molecule has 3 rings (SSSR count). The number of H-pyrrole nitrogens is 1. The smallest absolute Gasteiger partial charge is 0.384 e. The highest BCUT2D eigenvalue weighted by molar-refractivity contribution is 5.94. The zero-order valence-electron chi connectivity index (χ0n) is 14.0. The summed E-state index contributed by atoms with van der Waals surface area (Å²) in [5.74, 6) is 1.08. The van der Waals surface area contributed by atoms with Gasteiger partial charge in [-0.25, -0.2) is 9.97 Å². The van der Waals surface area contributed by atoms with Gasteiger partial charge in [0.2, 0.25) is 0 Å². The largest absolute Gasteiger partial charge is 0.507 e. The van der Waals surface area contributed by atoms with Gasteiger partial charge in [0.15, 0.2) is 5.69 Å². The van der Waals surface area contributed by atoms with Crippen LogP contribution in [0, 0.1) is 10.1 Å². The summed E-state index contributed by atoms with van der Waals surface area (Å²) in [5, 5.41) is 24.8. The van der Waals surface area contributed by atoms with E-state index in [1.807, 2.05) is 24.3 Å². The number of nitrogens with zero attached hydrogens (tertiary/aromatic N) is 3. The molecule has 0 spiro atoms. The topological polar surface area (TPSA) is 129 Å². The third-order valence-electron chi connectivity index (χ3n) is 3.49. The van der Waals surface area contributed by atoms with Crippen molar-refractivity contribution in [2.24, 2.45) is 5.10 Å². The molecule has 0 bridgehead atoms. The summed E-state index contributed by atoms with van der Waals surface area (Å²) in [4.78, 5) is 20.8. The third kappa shape index (κ3) is 4.69. The van der Waals surface area contributed by atoms with Crippen LogP contribution in [0.5, 0.6) is 5.75 Å². The fraction of sp³-hybridized carbons (Fsp3) is 0. The summed E-state index contributed by atoms with van der Waals surface area (Å²) in [6.45, 7) is 0. The predicted molar refractivity (Wildman–Crippen MR) is 97.5 cm³/mol. The highest BCUT2D eigenvalue weighted by atomic mass is 16.6. The predicted octanol–water partition coefficient (Wildman–Crippen LogP) is 0.292. The van der Waals surface area contributed by atoms with Crippen LogP contribution in [0.25, 0.3) is 0 Å². The second-order valence-electron chi connectivity index (χ2n) is 5.36. The quantitative estimate of drug-likeness (QED) is 0.259. The number of nitro benzene ring substituents is 1. The Morgan fingerprint density at radius 3 is 2.81 bits per heavy atom. The highest BCUT2D eigenvalue weighted by Crippen LogP contribution is 2.21. The number of benzene rings is 1. The number of aromatic amines is 1. The van der Waals surface area contributed by atoms with Crippen molar-refractivity contribution in [2.75, 3.05) is 0 Å². The first-order valence-electron chi connectivity index (χ1n) is 7.92. The molecule has 0 aliphatic heterocycles. The number of rotatable bonds is 5. The summed E-state index contributed by atoms with van der Waals surface area (Å²) in [6, 6.07) is 14.7. The molecule has 0 aliphatic carbocycles. The minimum atomic E-state index is -0.539. The number of pyridine rings is 2. The molecular formula is C18H16N6O3+2. The van der Waals surface area contributed by atoms with E-state index in [9.17, 15) is 15.2 Å². The number of phenolic OH excluding ortho intramolecular Hbond substituents is 1. The van der Waals surface area contributed by atoms with Gasteiger partial charge in [0, 0.05) is 30.0 Å². The Kier molecular flexibility index (Phi) is 5.43. The first kappa shape index (κ1) is 17.7. The van der Waals surface area contributed by atoms with Crippen LogP contribution in [0.1, 0.15) is 11.3 Å². The van der Waals surface area contributed by atoms with Gasteiger partial charge in [-0.05, 0) is 30.3 Å². The van der Waals surface area contributed by atoms with Crippen molar-refractivity contribution in [3.8, 4) is 5.75 Å². The summed E-state index contributed by atoms with van der Waals surface area (Å²) in [7, 11) is 0. The number of hydrogen-bond donors (Lipinski definition) is 3. The number of non-ortho nitro benzene ring substituents is 1. The second kappa shape index (κ2) is 8.30. The molecule has 0 atom stereocenters. The lowest BCUT2D eigenvalue weighted by Crippen LogP contribution is -2.72. The van der Waals surface area contributed by atoms with Crippen LogP contribution >= 0.6 is 0 Å². The van der Waals surface area contributed by atoms with E-state index < -0.39 is 4.92 Å². The minimum absolute atomic E-state index is 0.116. The van der Waals surface area contributed by atoms with Crippen molar-refractivity contribution in [1.82, 2.24) is 10.4 Å². The van der Waals surface area contributed by atoms with Crippen molar-refractivity contribution in [1.29, 1.82) is 0 Å². The van der Waals surface area contributed by atoms with E-state index in [-0.39, 0.29) is 17.0 Å². The summed E-state index contributed by atoms with van der Waals surface area (Å²) in [5.41, 5.74) is 3.50. The summed E-state index contributed by atoms with van der Waals surface area (Å²) >= 11 is 0. The molecule has 134 valence electrons. The molecule has 9 heteroatoms. The number of nitrogens with one attached hydrogen (secondary N) is 3. The molecule has 2 aromatic heterocycles. The summed E-state index contributed by atoms with van der Waals surface area (Å²) in [6.07, 6.45) is 4.70. The lowest BCUT2D eigenvalue weighted by atomic mass is 10.2. The van der Waals surface area contributed by atoms with Crippen LogP contribution in [-0.4, -0.2) is 27.1 Å². The van der Waals surface area contributed by atoms with Gasteiger partial charge in [0.25, 0.3) is 5.69 Å². The maximum Gasteiger partial charge on any atom is 0.384 e. The Labute approximate surface area is 153 Å². The molecule has 2 heterocycles. The average molecular weight is 364 g/mol. The lowest BCUT2D eigenvalue weighted by molar-refractivity contribution is -0.517. The van der Waals surface area contributed by atoms with Crippen molar-refractivity contribution in [2.45, 2.75) is 0 Å². The number of nitro groups is 1. The minimum Gasteiger partial charge on any atom is -0.507 e. The van der Waals surface area contributed by atoms with E-state index in [2.05, 4.69) is 25.5 Å². The van der Waals surface area contributed by atoms with Gasteiger partial charge >= 0.3 is 11.7 Å². The van der Waals surface area contributed by atoms with Crippen LogP contribution < -0.4 is 15.4 Å². The van der Waals surface area contributed by atoms with Crippen LogP contribution in [0.3, 0.4) is 0 Å². The lowest BCUT2D eigenvalue weighted by Gasteiger charge is -1.98. The average Bonchev–Trinajstić information content (AvgIpc) is 2.70. The Hall–Kier alpha value is -4.14. The van der Waals surface area contributed by atoms with E-state index in [1.165, 1.54) is 24.4 Å². The molecule has 0 fully saturated rings. The van der Waals surface area contributed by atoms with Gasteiger partial charge in [-0.2, -0.15) is 4.99 Å². The number of aromatic nitrogens is 2. The van der Waals surface area contributed by atoms with E-state index in [0.29, 0.717) is 17.3 Å². The highest BCUT2D eigenvalue weighted by Gasteiger charge is 2.16. The van der Waals surface area contributed by atoms with Gasteiger partial charge in [0.05, 0.1) is 11.1 Å². The van der Waals surface area contributed by atoms with E-state index in [0.717, 1.165) is 0 Å². The zero-order valence-corrected chi connectivity index (χ0v) is 14.0. The molecule has 0 aliphatic rings. The maximum absolute atomic E-state index is 10.9. The van der Waals surface area contributed by atoms with Crippen LogP contribution in [0.2, 0.25) is 0 Å². The normalized spacial score (nSPS) is 11.5. The molecule has 9 nitrogen and oxygen atoms in total. The molecule has 27 heavy (non-hydrogen) atoms. The van der Waals surface area contributed by atoms with Gasteiger partial charge in [-0.1, -0.05) is 11.2 Å². The Bertz CT molecular complexity index is 990. The van der Waals surface area contributed by atoms with Crippen molar-refractivity contribution in [3.63, 3.8) is 0 Å². The molecule has 0 amide bonds. The van der Waals surface area contributed by atoms with Crippen molar-refractivity contribution < 1.29 is 20.0 Å². The Balaban J connectivity index is 1.88. The molecule has 0 unspecified atom stereocenters. The van der Waals surface area contributed by atoms with Crippen LogP contribution in [0.4, 0.5) is 11.5 Å². The second-order valence-corrected chi connectivity index (χ2v) is 5.36. The SMILES string of the molecule is O=[N+]([O-])c1ccc(O)c(/C=N/NC(=[NH+]c2cccc[nH+]2)c2ccccn2)c1. The Morgan fingerprint density at radius 1 is 1.26 bits per heavy atom. The molecule has 4 N–H and O–H groups in total. The fourth-order valence-corrected chi connectivity index (χ4v) is 2.19. The number of hydrogen-bond acceptors (Lipinski definition) is 5. The first-order chi connectivity index (χ1) is 13.1. The standard InChI is InChI=1S/C18H14N6O3/c25-16-8-7-14(24(26)27)11-13(16)12-21-23-18(15-5-1-3-9-19-15)22-17-6-2-4-10-20-17/h1-12,25H,(H,20,22,23)/p+2/b21-12+. The van der Waals surface area contributed by atoms with Gasteiger partial charge in [0.1, 0.15) is 11.9 Å². The van der Waals surface area contributed by atoms with E-state index in [4.69, 9.17) is 0 Å². The number of aromatic hydroxyl groups is 1. The van der Waals surface area contributed by atoms with Crippen LogP contribution in [0.15, 0.2) is 72.1 Å². The number of hydrazone groups is 1. The first-order valence-corrected chi connectivity index (χ1v) is 7.92. The molecule has 0 saturated heterocycles. The van der Waals surface area contributed by atoms with Gasteiger partial charge in [-0.15, -0.1) is 5.43 Å². The van der Waals surface area contributed by atoms with Crippen molar-refractivity contribution >= 4 is 23.6 Å². The molecule has 0 saturated carbocycles. The molecular weight excluding hydrogens is 348 g/mol. The van der Waals surface area contributed by atoms with E-state index >= 15 is 0 Å². The molecule has 3 aromatic rings. The maximum atomic E-state index is 10.9. The summed E-state index contributed by atoms with van der Waals surface area (Å²) < 4.78 is 0. The number of amidine groups is 1. The van der Waals surface area contributed by atoms with Crippen molar-refractivity contribution in [3.05, 3.63) is 88.4 Å².